The van der Waals surface area contributed by atoms with Crippen molar-refractivity contribution in [2.45, 2.75) is 25.7 Å². The predicted octanol–water partition coefficient (Wildman–Crippen LogP) is 3.73. The molecule has 0 spiro atoms. The van der Waals surface area contributed by atoms with E-state index >= 15 is 0 Å². The number of nitrogens with one attached hydrogen (secondary N) is 2. The molecule has 0 fully saturated rings. The molecule has 0 bridgehead atoms. The third-order valence-electron chi connectivity index (χ3n) is 4.10. The maximum absolute atomic E-state index is 12.7. The van der Waals surface area contributed by atoms with Gasteiger partial charge in [0.05, 0.1) is 11.4 Å². The minimum atomic E-state index is -3.55. The minimum absolute atomic E-state index is 0.00211. The molecule has 0 aliphatic carbocycles. The Morgan fingerprint density at radius 3 is 2.44 bits per heavy atom. The van der Waals surface area contributed by atoms with Gasteiger partial charge in [-0.3, -0.25) is 4.79 Å². The van der Waals surface area contributed by atoms with Crippen molar-refractivity contribution in [2.24, 2.45) is 0 Å². The molecule has 6 nitrogen and oxygen atoms in total. The Labute approximate surface area is 165 Å². The summed E-state index contributed by atoms with van der Waals surface area (Å²) in [6.45, 7) is 6.26. The standard InChI is InChI=1S/C19H24ClN3O3S/c1-4-23(5-2)27(25,26)17-10-9-14(3)18(12-17)21-13-19(24)22-16-8-6-7-15(20)11-16/h6-12,21H,4-5,13H2,1-3H3,(H,22,24). The van der Waals surface area contributed by atoms with Crippen molar-refractivity contribution < 1.29 is 13.2 Å². The summed E-state index contributed by atoms with van der Waals surface area (Å²) in [6, 6.07) is 11.7. The van der Waals surface area contributed by atoms with Gasteiger partial charge in [-0.1, -0.05) is 37.6 Å². The van der Waals surface area contributed by atoms with Crippen LogP contribution in [0.15, 0.2) is 47.4 Å². The molecule has 2 aromatic rings. The number of carbonyl (C=O) groups is 1. The number of sulfonamides is 1. The summed E-state index contributed by atoms with van der Waals surface area (Å²) >= 11 is 5.90. The van der Waals surface area contributed by atoms with Gasteiger partial charge in [0, 0.05) is 29.5 Å². The summed E-state index contributed by atoms with van der Waals surface area (Å²) in [6.07, 6.45) is 0. The lowest BCUT2D eigenvalue weighted by Gasteiger charge is -2.19. The predicted molar refractivity (Wildman–Crippen MR) is 110 cm³/mol. The second kappa shape index (κ2) is 9.21. The Hall–Kier alpha value is -2.09. The van der Waals surface area contributed by atoms with Gasteiger partial charge in [0.25, 0.3) is 0 Å². The van der Waals surface area contributed by atoms with Gasteiger partial charge in [-0.15, -0.1) is 0 Å². The van der Waals surface area contributed by atoms with Gasteiger partial charge in [-0.05, 0) is 42.8 Å². The lowest BCUT2D eigenvalue weighted by Crippen LogP contribution is -2.30. The van der Waals surface area contributed by atoms with Crippen molar-refractivity contribution in [3.05, 3.63) is 53.1 Å². The van der Waals surface area contributed by atoms with Crippen LogP contribution in [0.4, 0.5) is 11.4 Å². The lowest BCUT2D eigenvalue weighted by atomic mass is 10.2. The van der Waals surface area contributed by atoms with Crippen molar-refractivity contribution >= 4 is 38.9 Å². The van der Waals surface area contributed by atoms with Crippen molar-refractivity contribution in [3.63, 3.8) is 0 Å². The second-order valence-electron chi connectivity index (χ2n) is 5.98. The molecule has 1 amide bonds. The Morgan fingerprint density at radius 1 is 1.11 bits per heavy atom. The summed E-state index contributed by atoms with van der Waals surface area (Å²) in [5.41, 5.74) is 2.05. The molecule has 0 unspecified atom stereocenters. The minimum Gasteiger partial charge on any atom is -0.376 e. The first kappa shape index (κ1) is 21.2. The molecule has 8 heteroatoms. The van der Waals surface area contributed by atoms with Gasteiger partial charge >= 0.3 is 0 Å². The van der Waals surface area contributed by atoms with Crippen molar-refractivity contribution in [1.29, 1.82) is 0 Å². The number of hydrogen-bond donors (Lipinski definition) is 2. The molecule has 0 heterocycles. The summed E-state index contributed by atoms with van der Waals surface area (Å²) < 4.78 is 26.7. The van der Waals surface area contributed by atoms with Crippen LogP contribution in [0, 0.1) is 6.92 Å². The monoisotopic (exact) mass is 409 g/mol. The zero-order valence-corrected chi connectivity index (χ0v) is 17.2. The molecule has 0 aliphatic rings. The van der Waals surface area contributed by atoms with Gasteiger partial charge in [-0.25, -0.2) is 8.42 Å². The van der Waals surface area contributed by atoms with Gasteiger partial charge in [0.1, 0.15) is 0 Å². The fraction of sp³-hybridized carbons (Fsp3) is 0.316. The summed E-state index contributed by atoms with van der Waals surface area (Å²) in [7, 11) is -3.55. The van der Waals surface area contributed by atoms with E-state index in [2.05, 4.69) is 10.6 Å². The number of aryl methyl sites for hydroxylation is 1. The van der Waals surface area contributed by atoms with E-state index in [1.807, 2.05) is 6.92 Å². The SMILES string of the molecule is CCN(CC)S(=O)(=O)c1ccc(C)c(NCC(=O)Nc2cccc(Cl)c2)c1. The van der Waals surface area contributed by atoms with Gasteiger partial charge in [-0.2, -0.15) is 4.31 Å². The molecule has 0 aromatic heterocycles. The van der Waals surface area contributed by atoms with E-state index in [4.69, 9.17) is 11.6 Å². The quantitative estimate of drug-likeness (QED) is 0.696. The van der Waals surface area contributed by atoms with E-state index in [9.17, 15) is 13.2 Å². The highest BCUT2D eigenvalue weighted by atomic mass is 35.5. The Kier molecular flexibility index (Phi) is 7.24. The zero-order valence-electron chi connectivity index (χ0n) is 15.6. The number of hydrogen-bond acceptors (Lipinski definition) is 4. The number of rotatable bonds is 8. The Balaban J connectivity index is 2.11. The molecule has 0 atom stereocenters. The first-order chi connectivity index (χ1) is 12.8. The highest BCUT2D eigenvalue weighted by Gasteiger charge is 2.22. The van der Waals surface area contributed by atoms with Crippen LogP contribution in [-0.2, 0) is 14.8 Å². The highest BCUT2D eigenvalue weighted by molar-refractivity contribution is 7.89. The summed E-state index contributed by atoms with van der Waals surface area (Å²) in [5, 5.41) is 6.28. The molecule has 0 aliphatic heterocycles. The van der Waals surface area contributed by atoms with Crippen LogP contribution >= 0.6 is 11.6 Å². The van der Waals surface area contributed by atoms with Crippen LogP contribution in [0.2, 0.25) is 5.02 Å². The molecule has 0 saturated carbocycles. The topological polar surface area (TPSA) is 78.5 Å². The van der Waals surface area contributed by atoms with E-state index < -0.39 is 10.0 Å². The highest BCUT2D eigenvalue weighted by Crippen LogP contribution is 2.23. The van der Waals surface area contributed by atoms with Gasteiger partial charge in [0.2, 0.25) is 15.9 Å². The molecule has 27 heavy (non-hydrogen) atoms. The molecule has 0 radical (unpaired) electrons. The van der Waals surface area contributed by atoms with Crippen LogP contribution in [0.1, 0.15) is 19.4 Å². The number of carbonyl (C=O) groups excluding carboxylic acids is 1. The molecule has 2 N–H and O–H groups in total. The van der Waals surface area contributed by atoms with Crippen molar-refractivity contribution in [1.82, 2.24) is 4.31 Å². The average molecular weight is 410 g/mol. The normalized spacial score (nSPS) is 11.4. The maximum atomic E-state index is 12.7. The number of benzene rings is 2. The van der Waals surface area contributed by atoms with Crippen LogP contribution in [-0.4, -0.2) is 38.3 Å². The summed E-state index contributed by atoms with van der Waals surface area (Å²) in [5.74, 6) is -0.256. The van der Waals surface area contributed by atoms with E-state index in [0.29, 0.717) is 29.5 Å². The zero-order chi connectivity index (χ0) is 20.0. The Morgan fingerprint density at radius 2 is 1.81 bits per heavy atom. The number of halogens is 1. The third-order valence-corrected chi connectivity index (χ3v) is 6.38. The largest absolute Gasteiger partial charge is 0.376 e. The van der Waals surface area contributed by atoms with E-state index in [0.717, 1.165) is 5.56 Å². The first-order valence-electron chi connectivity index (χ1n) is 8.68. The molecule has 0 saturated heterocycles. The lowest BCUT2D eigenvalue weighted by molar-refractivity contribution is -0.114. The molecular weight excluding hydrogens is 386 g/mol. The van der Waals surface area contributed by atoms with E-state index in [-0.39, 0.29) is 17.3 Å². The number of nitrogens with zero attached hydrogens (tertiary/aromatic N) is 1. The van der Waals surface area contributed by atoms with Crippen molar-refractivity contribution in [2.75, 3.05) is 30.3 Å². The van der Waals surface area contributed by atoms with E-state index in [1.165, 1.54) is 4.31 Å². The van der Waals surface area contributed by atoms with Crippen LogP contribution < -0.4 is 10.6 Å². The maximum Gasteiger partial charge on any atom is 0.243 e. The second-order valence-corrected chi connectivity index (χ2v) is 8.35. The molecule has 2 rings (SSSR count). The molecule has 146 valence electrons. The number of amides is 1. The average Bonchev–Trinajstić information content (AvgIpc) is 2.61. The van der Waals surface area contributed by atoms with Crippen LogP contribution in [0.25, 0.3) is 0 Å². The van der Waals surface area contributed by atoms with E-state index in [1.54, 1.807) is 56.3 Å². The third kappa shape index (κ3) is 5.45. The fourth-order valence-electron chi connectivity index (χ4n) is 2.61. The smallest absolute Gasteiger partial charge is 0.243 e. The number of anilines is 2. The molecular formula is C19H24ClN3O3S. The van der Waals surface area contributed by atoms with Crippen LogP contribution in [0.3, 0.4) is 0 Å². The van der Waals surface area contributed by atoms with Gasteiger partial charge in [0.15, 0.2) is 0 Å². The summed E-state index contributed by atoms with van der Waals surface area (Å²) in [4.78, 5) is 12.4. The van der Waals surface area contributed by atoms with Crippen molar-refractivity contribution in [3.8, 4) is 0 Å². The van der Waals surface area contributed by atoms with Crippen LogP contribution in [0.5, 0.6) is 0 Å². The Bertz CT molecular complexity index is 912. The molecule has 2 aromatic carbocycles. The van der Waals surface area contributed by atoms with Gasteiger partial charge < -0.3 is 10.6 Å². The fourth-order valence-corrected chi connectivity index (χ4v) is 4.29. The first-order valence-corrected chi connectivity index (χ1v) is 10.5.